The number of hydrogen-bond acceptors (Lipinski definition) is 5. The lowest BCUT2D eigenvalue weighted by atomic mass is 10.1. The number of aromatic nitrogens is 2. The Morgan fingerprint density at radius 3 is 2.95 bits per heavy atom. The molecule has 8 nitrogen and oxygen atoms in total. The fraction of sp³-hybridized carbons (Fsp3) is 0.385. The molecule has 0 spiro atoms. The van der Waals surface area contributed by atoms with Crippen LogP contribution < -0.4 is 5.32 Å². The number of carbonyl (C=O) groups is 1. The second-order valence-electron chi connectivity index (χ2n) is 5.11. The van der Waals surface area contributed by atoms with E-state index in [1.807, 2.05) is 6.92 Å². The number of H-pyrrole nitrogens is 1. The van der Waals surface area contributed by atoms with Gasteiger partial charge in [-0.2, -0.15) is 5.10 Å². The van der Waals surface area contributed by atoms with Crippen LogP contribution in [-0.4, -0.2) is 51.6 Å². The van der Waals surface area contributed by atoms with E-state index in [9.17, 15) is 14.9 Å². The minimum atomic E-state index is -0.478. The minimum absolute atomic E-state index is 0. The summed E-state index contributed by atoms with van der Waals surface area (Å²) in [6, 6.07) is 4.41. The third kappa shape index (κ3) is 2.75. The SMILES string of the molecule is CC1CNCCN1C(=O)c1n[nH]c2ccc([N+](=O)[O-])cc12.Cl. The van der Waals surface area contributed by atoms with E-state index in [2.05, 4.69) is 15.5 Å². The van der Waals surface area contributed by atoms with Crippen LogP contribution in [0.25, 0.3) is 10.9 Å². The van der Waals surface area contributed by atoms with Gasteiger partial charge in [0, 0.05) is 43.2 Å². The molecule has 1 amide bonds. The molecule has 118 valence electrons. The Hall–Kier alpha value is -2.19. The van der Waals surface area contributed by atoms with Gasteiger partial charge in [-0.05, 0) is 13.0 Å². The number of halogens is 1. The summed E-state index contributed by atoms with van der Waals surface area (Å²) in [5, 5.41) is 21.4. The van der Waals surface area contributed by atoms with Crippen LogP contribution in [-0.2, 0) is 0 Å². The maximum Gasteiger partial charge on any atom is 0.275 e. The summed E-state index contributed by atoms with van der Waals surface area (Å²) in [7, 11) is 0. The van der Waals surface area contributed by atoms with Crippen LogP contribution in [0.2, 0.25) is 0 Å². The van der Waals surface area contributed by atoms with Gasteiger partial charge in [0.05, 0.1) is 10.4 Å². The molecule has 22 heavy (non-hydrogen) atoms. The summed E-state index contributed by atoms with van der Waals surface area (Å²) in [5.74, 6) is -0.198. The van der Waals surface area contributed by atoms with Crippen molar-refractivity contribution < 1.29 is 9.72 Å². The van der Waals surface area contributed by atoms with Crippen molar-refractivity contribution in [2.24, 2.45) is 0 Å². The van der Waals surface area contributed by atoms with E-state index in [4.69, 9.17) is 0 Å². The van der Waals surface area contributed by atoms with Crippen molar-refractivity contribution in [1.29, 1.82) is 0 Å². The topological polar surface area (TPSA) is 104 Å². The van der Waals surface area contributed by atoms with E-state index < -0.39 is 4.92 Å². The van der Waals surface area contributed by atoms with Gasteiger partial charge in [-0.3, -0.25) is 20.0 Å². The largest absolute Gasteiger partial charge is 0.332 e. The molecule has 3 rings (SSSR count). The number of nitrogens with one attached hydrogen (secondary N) is 2. The van der Waals surface area contributed by atoms with Crippen LogP contribution in [0, 0.1) is 10.1 Å². The number of nitrogens with zero attached hydrogens (tertiary/aromatic N) is 3. The van der Waals surface area contributed by atoms with Gasteiger partial charge in [0.25, 0.3) is 11.6 Å². The minimum Gasteiger partial charge on any atom is -0.332 e. The molecule has 1 aromatic heterocycles. The lowest BCUT2D eigenvalue weighted by Gasteiger charge is -2.33. The van der Waals surface area contributed by atoms with Crippen molar-refractivity contribution in [2.75, 3.05) is 19.6 Å². The number of piperazine rings is 1. The first kappa shape index (κ1) is 16.2. The first-order valence-corrected chi connectivity index (χ1v) is 6.72. The molecular formula is C13H16ClN5O3. The Morgan fingerprint density at radius 2 is 2.27 bits per heavy atom. The molecule has 9 heteroatoms. The molecule has 0 bridgehead atoms. The first-order chi connectivity index (χ1) is 10.1. The van der Waals surface area contributed by atoms with E-state index >= 15 is 0 Å². The van der Waals surface area contributed by atoms with Gasteiger partial charge in [-0.25, -0.2) is 0 Å². The number of carbonyl (C=O) groups excluding carboxylic acids is 1. The highest BCUT2D eigenvalue weighted by Crippen LogP contribution is 2.23. The number of fused-ring (bicyclic) bond motifs is 1. The maximum atomic E-state index is 12.6. The number of benzene rings is 1. The predicted molar refractivity (Wildman–Crippen MR) is 83.4 cm³/mol. The van der Waals surface area contributed by atoms with E-state index in [-0.39, 0.29) is 35.7 Å². The third-order valence-corrected chi connectivity index (χ3v) is 3.72. The summed E-state index contributed by atoms with van der Waals surface area (Å²) < 4.78 is 0. The number of nitro benzene ring substituents is 1. The zero-order valence-corrected chi connectivity index (χ0v) is 12.7. The zero-order chi connectivity index (χ0) is 15.0. The lowest BCUT2D eigenvalue weighted by Crippen LogP contribution is -2.52. The van der Waals surface area contributed by atoms with Crippen molar-refractivity contribution in [1.82, 2.24) is 20.4 Å². The van der Waals surface area contributed by atoms with E-state index in [0.717, 1.165) is 13.1 Å². The number of non-ortho nitro benzene ring substituents is 1. The Kier molecular flexibility index (Phi) is 4.62. The molecule has 0 aliphatic carbocycles. The smallest absolute Gasteiger partial charge is 0.275 e. The summed E-state index contributed by atoms with van der Waals surface area (Å²) in [4.78, 5) is 24.7. The van der Waals surface area contributed by atoms with Gasteiger partial charge in [0.15, 0.2) is 5.69 Å². The summed E-state index contributed by atoms with van der Waals surface area (Å²) in [6.07, 6.45) is 0. The van der Waals surface area contributed by atoms with Crippen LogP contribution in [0.4, 0.5) is 5.69 Å². The molecule has 0 saturated carbocycles. The van der Waals surface area contributed by atoms with Crippen molar-refractivity contribution in [3.63, 3.8) is 0 Å². The van der Waals surface area contributed by atoms with Crippen molar-refractivity contribution in [3.8, 4) is 0 Å². The van der Waals surface area contributed by atoms with Crippen molar-refractivity contribution in [3.05, 3.63) is 34.0 Å². The van der Waals surface area contributed by atoms with Crippen LogP contribution in [0.15, 0.2) is 18.2 Å². The average Bonchev–Trinajstić information content (AvgIpc) is 2.90. The molecule has 1 aliphatic rings. The standard InChI is InChI=1S/C13H15N5O3.ClH/c1-8-7-14-4-5-17(8)13(19)12-10-6-9(18(20)21)2-3-11(10)15-16-12;/h2-3,6,8,14H,4-5,7H2,1H3,(H,15,16);1H. The monoisotopic (exact) mass is 325 g/mol. The van der Waals surface area contributed by atoms with Gasteiger partial charge < -0.3 is 10.2 Å². The van der Waals surface area contributed by atoms with Crippen LogP contribution >= 0.6 is 12.4 Å². The van der Waals surface area contributed by atoms with Gasteiger partial charge in [0.1, 0.15) is 0 Å². The fourth-order valence-corrected chi connectivity index (χ4v) is 2.56. The highest BCUT2D eigenvalue weighted by Gasteiger charge is 2.27. The molecule has 2 heterocycles. The predicted octanol–water partition coefficient (Wildman–Crippen LogP) is 1.33. The van der Waals surface area contributed by atoms with E-state index in [1.165, 1.54) is 12.1 Å². The molecule has 1 fully saturated rings. The van der Waals surface area contributed by atoms with Gasteiger partial charge in [-0.1, -0.05) is 0 Å². The molecule has 2 aromatic rings. The van der Waals surface area contributed by atoms with Crippen molar-refractivity contribution in [2.45, 2.75) is 13.0 Å². The molecule has 1 saturated heterocycles. The quantitative estimate of drug-likeness (QED) is 0.640. The van der Waals surface area contributed by atoms with Crippen molar-refractivity contribution >= 4 is 34.9 Å². The average molecular weight is 326 g/mol. The normalized spacial score (nSPS) is 18.0. The molecule has 1 unspecified atom stereocenters. The Morgan fingerprint density at radius 1 is 1.50 bits per heavy atom. The third-order valence-electron chi connectivity index (χ3n) is 3.72. The first-order valence-electron chi connectivity index (χ1n) is 6.72. The van der Waals surface area contributed by atoms with Crippen LogP contribution in [0.5, 0.6) is 0 Å². The Balaban J connectivity index is 0.00000176. The second-order valence-corrected chi connectivity index (χ2v) is 5.11. The summed E-state index contributed by atoms with van der Waals surface area (Å²) in [5.41, 5.74) is 0.806. The van der Waals surface area contributed by atoms with Gasteiger partial charge >= 0.3 is 0 Å². The highest BCUT2D eigenvalue weighted by atomic mass is 35.5. The molecular weight excluding hydrogens is 310 g/mol. The summed E-state index contributed by atoms with van der Waals surface area (Å²) >= 11 is 0. The maximum absolute atomic E-state index is 12.6. The molecule has 2 N–H and O–H groups in total. The molecule has 0 radical (unpaired) electrons. The summed E-state index contributed by atoms with van der Waals surface area (Å²) in [6.45, 7) is 4.03. The number of rotatable bonds is 2. The Bertz CT molecular complexity index is 717. The van der Waals surface area contributed by atoms with Crippen LogP contribution in [0.1, 0.15) is 17.4 Å². The highest BCUT2D eigenvalue weighted by molar-refractivity contribution is 6.05. The Labute approximate surface area is 132 Å². The fourth-order valence-electron chi connectivity index (χ4n) is 2.56. The number of amides is 1. The number of nitro groups is 1. The molecule has 1 aromatic carbocycles. The van der Waals surface area contributed by atoms with E-state index in [0.29, 0.717) is 17.4 Å². The molecule has 1 aliphatic heterocycles. The second kappa shape index (κ2) is 6.29. The lowest BCUT2D eigenvalue weighted by molar-refractivity contribution is -0.384. The van der Waals surface area contributed by atoms with Gasteiger partial charge in [0.2, 0.25) is 0 Å². The van der Waals surface area contributed by atoms with Crippen LogP contribution in [0.3, 0.4) is 0 Å². The number of aromatic amines is 1. The molecule has 1 atom stereocenters. The van der Waals surface area contributed by atoms with Gasteiger partial charge in [-0.15, -0.1) is 12.4 Å². The van der Waals surface area contributed by atoms with E-state index in [1.54, 1.807) is 11.0 Å². The number of hydrogen-bond donors (Lipinski definition) is 2. The zero-order valence-electron chi connectivity index (χ0n) is 11.9.